The van der Waals surface area contributed by atoms with Gasteiger partial charge in [-0.05, 0) is 40.5 Å². The van der Waals surface area contributed by atoms with E-state index in [4.69, 9.17) is 4.74 Å². The number of allylic oxidation sites excluding steroid dienone is 1. The standard InChI is InChI=1S/C11H12BrNO2/c1-2-5-15-8-10(14)6-9-3-4-13-11(12)7-9/h2-5,7H,6,8H2,1H3/b5-2-. The Morgan fingerprint density at radius 2 is 2.47 bits per heavy atom. The third-order valence-electron chi connectivity index (χ3n) is 1.67. The van der Waals surface area contributed by atoms with Gasteiger partial charge >= 0.3 is 0 Å². The largest absolute Gasteiger partial charge is 0.494 e. The van der Waals surface area contributed by atoms with Crippen molar-refractivity contribution in [3.8, 4) is 0 Å². The summed E-state index contributed by atoms with van der Waals surface area (Å²) in [5, 5.41) is 0. The van der Waals surface area contributed by atoms with Crippen LogP contribution in [0.3, 0.4) is 0 Å². The van der Waals surface area contributed by atoms with E-state index in [-0.39, 0.29) is 12.4 Å². The van der Waals surface area contributed by atoms with Crippen LogP contribution in [0.5, 0.6) is 0 Å². The van der Waals surface area contributed by atoms with Gasteiger partial charge in [0.15, 0.2) is 5.78 Å². The number of hydrogen-bond donors (Lipinski definition) is 0. The summed E-state index contributed by atoms with van der Waals surface area (Å²) in [6.45, 7) is 1.95. The summed E-state index contributed by atoms with van der Waals surface area (Å²) in [6, 6.07) is 3.64. The number of hydrogen-bond acceptors (Lipinski definition) is 3. The van der Waals surface area contributed by atoms with Gasteiger partial charge in [0, 0.05) is 12.6 Å². The molecule has 0 spiro atoms. The van der Waals surface area contributed by atoms with Gasteiger partial charge in [0.05, 0.1) is 6.26 Å². The number of ether oxygens (including phenoxy) is 1. The zero-order valence-corrected chi connectivity index (χ0v) is 10.0. The predicted octanol–water partition coefficient (Wildman–Crippen LogP) is 2.51. The Kier molecular flexibility index (Phi) is 5.04. The van der Waals surface area contributed by atoms with Gasteiger partial charge in [0.1, 0.15) is 11.2 Å². The fraction of sp³-hybridized carbons (Fsp3) is 0.273. The van der Waals surface area contributed by atoms with E-state index in [1.54, 1.807) is 12.3 Å². The Morgan fingerprint density at radius 3 is 3.13 bits per heavy atom. The molecule has 1 rings (SSSR count). The first kappa shape index (κ1) is 11.9. The summed E-state index contributed by atoms with van der Waals surface area (Å²) in [6.07, 6.45) is 5.30. The van der Waals surface area contributed by atoms with Crippen LogP contribution in [0, 0.1) is 0 Å². The maximum atomic E-state index is 11.4. The van der Waals surface area contributed by atoms with E-state index in [0.717, 1.165) is 10.2 Å². The fourth-order valence-electron chi connectivity index (χ4n) is 1.07. The lowest BCUT2D eigenvalue weighted by molar-refractivity contribution is -0.121. The summed E-state index contributed by atoms with van der Waals surface area (Å²) >= 11 is 3.25. The lowest BCUT2D eigenvalue weighted by atomic mass is 10.1. The first-order valence-corrected chi connectivity index (χ1v) is 5.36. The summed E-state index contributed by atoms with van der Waals surface area (Å²) < 4.78 is 5.73. The lowest BCUT2D eigenvalue weighted by Gasteiger charge is -2.01. The van der Waals surface area contributed by atoms with E-state index in [9.17, 15) is 4.79 Å². The molecule has 0 N–H and O–H groups in total. The van der Waals surface area contributed by atoms with Crippen LogP contribution in [0.2, 0.25) is 0 Å². The van der Waals surface area contributed by atoms with Gasteiger partial charge in [-0.15, -0.1) is 0 Å². The first-order chi connectivity index (χ1) is 7.22. The van der Waals surface area contributed by atoms with Crippen molar-refractivity contribution in [3.05, 3.63) is 40.8 Å². The van der Waals surface area contributed by atoms with Gasteiger partial charge in [-0.3, -0.25) is 4.79 Å². The van der Waals surface area contributed by atoms with Gasteiger partial charge in [0.25, 0.3) is 0 Å². The summed E-state index contributed by atoms with van der Waals surface area (Å²) in [4.78, 5) is 15.4. The average Bonchev–Trinajstić information content (AvgIpc) is 2.18. The summed E-state index contributed by atoms with van der Waals surface area (Å²) in [5.41, 5.74) is 0.936. The van der Waals surface area contributed by atoms with Crippen molar-refractivity contribution in [2.75, 3.05) is 6.61 Å². The lowest BCUT2D eigenvalue weighted by Crippen LogP contribution is -2.09. The van der Waals surface area contributed by atoms with Gasteiger partial charge in [-0.25, -0.2) is 4.98 Å². The molecule has 0 fully saturated rings. The number of nitrogens with zero attached hydrogens (tertiary/aromatic N) is 1. The van der Waals surface area contributed by atoms with Crippen LogP contribution in [0.4, 0.5) is 0 Å². The van der Waals surface area contributed by atoms with E-state index in [1.165, 1.54) is 6.26 Å². The highest BCUT2D eigenvalue weighted by molar-refractivity contribution is 9.10. The molecule has 0 atom stereocenters. The molecule has 0 saturated heterocycles. The zero-order valence-electron chi connectivity index (χ0n) is 8.44. The molecule has 3 nitrogen and oxygen atoms in total. The molecule has 0 amide bonds. The minimum atomic E-state index is 0.0474. The fourth-order valence-corrected chi connectivity index (χ4v) is 1.48. The second kappa shape index (κ2) is 6.35. The van der Waals surface area contributed by atoms with E-state index < -0.39 is 0 Å². The van der Waals surface area contributed by atoms with Crippen molar-refractivity contribution < 1.29 is 9.53 Å². The molecular weight excluding hydrogens is 258 g/mol. The first-order valence-electron chi connectivity index (χ1n) is 4.57. The molecule has 1 aromatic heterocycles. The van der Waals surface area contributed by atoms with Crippen molar-refractivity contribution in [1.82, 2.24) is 4.98 Å². The number of carbonyl (C=O) groups excluding carboxylic acids is 1. The number of pyridine rings is 1. The summed E-state index contributed by atoms with van der Waals surface area (Å²) in [5.74, 6) is 0.0474. The molecule has 1 aromatic rings. The highest BCUT2D eigenvalue weighted by Crippen LogP contribution is 2.08. The maximum Gasteiger partial charge on any atom is 0.174 e. The van der Waals surface area contributed by atoms with Gasteiger partial charge in [-0.2, -0.15) is 0 Å². The van der Waals surface area contributed by atoms with Crippen LogP contribution in [0.1, 0.15) is 12.5 Å². The van der Waals surface area contributed by atoms with Crippen LogP contribution in [-0.2, 0) is 16.0 Å². The van der Waals surface area contributed by atoms with Crippen LogP contribution >= 0.6 is 15.9 Å². The van der Waals surface area contributed by atoms with Crippen LogP contribution in [-0.4, -0.2) is 17.4 Å². The van der Waals surface area contributed by atoms with Crippen molar-refractivity contribution in [3.63, 3.8) is 0 Å². The van der Waals surface area contributed by atoms with E-state index in [2.05, 4.69) is 20.9 Å². The third-order valence-corrected chi connectivity index (χ3v) is 2.10. The van der Waals surface area contributed by atoms with E-state index >= 15 is 0 Å². The highest BCUT2D eigenvalue weighted by Gasteiger charge is 2.03. The van der Waals surface area contributed by atoms with Gasteiger partial charge in [0.2, 0.25) is 0 Å². The number of ketones is 1. The van der Waals surface area contributed by atoms with Gasteiger partial charge < -0.3 is 4.74 Å². The van der Waals surface area contributed by atoms with Gasteiger partial charge in [-0.1, -0.05) is 6.08 Å². The Bertz CT molecular complexity index is 363. The van der Waals surface area contributed by atoms with Crippen molar-refractivity contribution in [2.45, 2.75) is 13.3 Å². The molecule has 15 heavy (non-hydrogen) atoms. The molecule has 80 valence electrons. The second-order valence-electron chi connectivity index (χ2n) is 2.98. The Labute approximate surface area is 97.3 Å². The normalized spacial score (nSPS) is 10.5. The Hall–Kier alpha value is -1.16. The number of Topliss-reactive ketones (excluding diaryl/α,β-unsaturated/α-hetero) is 1. The van der Waals surface area contributed by atoms with Crippen molar-refractivity contribution >= 4 is 21.7 Å². The monoisotopic (exact) mass is 269 g/mol. The third kappa shape index (κ3) is 4.74. The Balaban J connectivity index is 2.44. The maximum absolute atomic E-state index is 11.4. The molecule has 4 heteroatoms. The molecule has 0 saturated carbocycles. The number of rotatable bonds is 5. The Morgan fingerprint density at radius 1 is 1.67 bits per heavy atom. The molecule has 0 bridgehead atoms. The molecule has 1 heterocycles. The molecule has 0 radical (unpaired) electrons. The topological polar surface area (TPSA) is 39.2 Å². The summed E-state index contributed by atoms with van der Waals surface area (Å²) in [7, 11) is 0. The number of carbonyl (C=O) groups is 1. The SMILES string of the molecule is C/C=C\OCC(=O)Cc1ccnc(Br)c1. The molecule has 0 aliphatic heterocycles. The van der Waals surface area contributed by atoms with Crippen LogP contribution < -0.4 is 0 Å². The van der Waals surface area contributed by atoms with Crippen molar-refractivity contribution in [1.29, 1.82) is 0 Å². The molecular formula is C11H12BrNO2. The minimum absolute atomic E-state index is 0.0474. The number of halogens is 1. The molecule has 0 aliphatic rings. The number of aromatic nitrogens is 1. The van der Waals surface area contributed by atoms with Crippen molar-refractivity contribution in [2.24, 2.45) is 0 Å². The predicted molar refractivity (Wildman–Crippen MR) is 61.4 cm³/mol. The van der Waals surface area contributed by atoms with E-state index in [1.807, 2.05) is 19.1 Å². The quantitative estimate of drug-likeness (QED) is 0.609. The zero-order chi connectivity index (χ0) is 11.1. The second-order valence-corrected chi connectivity index (χ2v) is 3.80. The van der Waals surface area contributed by atoms with E-state index in [0.29, 0.717) is 6.42 Å². The molecule has 0 unspecified atom stereocenters. The molecule has 0 aliphatic carbocycles. The average molecular weight is 270 g/mol. The van der Waals surface area contributed by atoms with Crippen LogP contribution in [0.15, 0.2) is 35.3 Å². The van der Waals surface area contributed by atoms with Crippen LogP contribution in [0.25, 0.3) is 0 Å². The minimum Gasteiger partial charge on any atom is -0.494 e. The smallest absolute Gasteiger partial charge is 0.174 e. The highest BCUT2D eigenvalue weighted by atomic mass is 79.9. The molecule has 0 aromatic carbocycles.